The number of carbonyl (C=O) groups excluding carboxylic acids is 2. The molecule has 1 heterocycles. The van der Waals surface area contributed by atoms with Gasteiger partial charge in [0.2, 0.25) is 5.91 Å². The fraction of sp³-hybridized carbons (Fsp3) is 0.190. The highest BCUT2D eigenvalue weighted by Crippen LogP contribution is 2.20. The van der Waals surface area contributed by atoms with Crippen LogP contribution in [0.4, 0.5) is 16.2 Å². The Morgan fingerprint density at radius 3 is 2.54 bits per heavy atom. The van der Waals surface area contributed by atoms with Gasteiger partial charge in [0.25, 0.3) is 0 Å². The fourth-order valence-electron chi connectivity index (χ4n) is 2.62. The Bertz CT molecular complexity index is 949. The maximum Gasteiger partial charge on any atom is 0.319 e. The van der Waals surface area contributed by atoms with Crippen LogP contribution in [0.5, 0.6) is 0 Å². The maximum atomic E-state index is 12.3. The van der Waals surface area contributed by atoms with Crippen molar-refractivity contribution in [3.8, 4) is 5.69 Å². The first-order valence-electron chi connectivity index (χ1n) is 9.09. The molecule has 0 aliphatic rings. The summed E-state index contributed by atoms with van der Waals surface area (Å²) in [5.74, 6) is -0.0715. The highest BCUT2D eigenvalue weighted by atomic mass is 16.2. The van der Waals surface area contributed by atoms with E-state index in [-0.39, 0.29) is 11.9 Å². The van der Waals surface area contributed by atoms with Gasteiger partial charge in [-0.15, -0.1) is 0 Å². The first-order valence-corrected chi connectivity index (χ1v) is 9.09. The van der Waals surface area contributed by atoms with E-state index in [1.807, 2.05) is 55.6 Å². The number of aryl methyl sites for hydroxylation is 1. The van der Waals surface area contributed by atoms with Crippen LogP contribution in [0.3, 0.4) is 0 Å². The van der Waals surface area contributed by atoms with Crippen LogP contribution in [0.1, 0.15) is 24.5 Å². The second-order valence-electron chi connectivity index (χ2n) is 6.36. The van der Waals surface area contributed by atoms with Gasteiger partial charge in [-0.3, -0.25) is 4.79 Å². The average molecular weight is 377 g/mol. The second kappa shape index (κ2) is 8.85. The maximum absolute atomic E-state index is 12.3. The molecule has 1 aromatic heterocycles. The van der Waals surface area contributed by atoms with Gasteiger partial charge in [-0.1, -0.05) is 25.1 Å². The minimum Gasteiger partial charge on any atom is -0.334 e. The number of carbonyl (C=O) groups is 2. The van der Waals surface area contributed by atoms with E-state index < -0.39 is 0 Å². The summed E-state index contributed by atoms with van der Waals surface area (Å²) in [7, 11) is 0. The Hall–Kier alpha value is -3.61. The number of benzene rings is 2. The summed E-state index contributed by atoms with van der Waals surface area (Å²) in [6, 6.07) is 14.8. The van der Waals surface area contributed by atoms with Crippen LogP contribution in [0.25, 0.3) is 5.69 Å². The largest absolute Gasteiger partial charge is 0.334 e. The second-order valence-corrected chi connectivity index (χ2v) is 6.36. The number of hydrogen-bond donors (Lipinski definition) is 3. The fourth-order valence-corrected chi connectivity index (χ4v) is 2.62. The Kier molecular flexibility index (Phi) is 6.06. The van der Waals surface area contributed by atoms with Gasteiger partial charge in [-0.2, -0.15) is 5.10 Å². The van der Waals surface area contributed by atoms with Gasteiger partial charge in [0.1, 0.15) is 0 Å². The van der Waals surface area contributed by atoms with Crippen molar-refractivity contribution >= 4 is 23.3 Å². The molecule has 3 amide bonds. The monoisotopic (exact) mass is 377 g/mol. The highest BCUT2D eigenvalue weighted by Gasteiger charge is 2.07. The lowest BCUT2D eigenvalue weighted by Crippen LogP contribution is -2.28. The molecule has 0 atom stereocenters. The summed E-state index contributed by atoms with van der Waals surface area (Å²) in [5, 5.41) is 12.6. The van der Waals surface area contributed by atoms with Crippen molar-refractivity contribution in [1.29, 1.82) is 0 Å². The molecule has 2 aromatic carbocycles. The zero-order valence-corrected chi connectivity index (χ0v) is 15.9. The van der Waals surface area contributed by atoms with Crippen molar-refractivity contribution in [1.82, 2.24) is 15.1 Å². The molecule has 7 nitrogen and oxygen atoms in total. The quantitative estimate of drug-likeness (QED) is 0.610. The lowest BCUT2D eigenvalue weighted by atomic mass is 10.1. The van der Waals surface area contributed by atoms with Gasteiger partial charge in [-0.05, 0) is 48.4 Å². The number of amides is 3. The average Bonchev–Trinajstić information content (AvgIpc) is 3.24. The van der Waals surface area contributed by atoms with E-state index >= 15 is 0 Å². The van der Waals surface area contributed by atoms with E-state index in [1.54, 1.807) is 23.9 Å². The van der Waals surface area contributed by atoms with Crippen molar-refractivity contribution in [3.05, 3.63) is 72.1 Å². The van der Waals surface area contributed by atoms with Gasteiger partial charge in [0.05, 0.1) is 5.69 Å². The third-order valence-electron chi connectivity index (χ3n) is 4.25. The van der Waals surface area contributed by atoms with E-state index in [9.17, 15) is 9.59 Å². The van der Waals surface area contributed by atoms with Crippen molar-refractivity contribution in [2.45, 2.75) is 26.8 Å². The SMILES string of the molecule is CCC(=O)Nc1ccc(C)c(NC(=O)NCc2ccc(-n3cccn3)cc2)c1. The van der Waals surface area contributed by atoms with Crippen molar-refractivity contribution < 1.29 is 9.59 Å². The molecule has 144 valence electrons. The smallest absolute Gasteiger partial charge is 0.319 e. The Morgan fingerprint density at radius 1 is 1.07 bits per heavy atom. The van der Waals surface area contributed by atoms with Gasteiger partial charge in [0, 0.05) is 36.7 Å². The molecule has 0 bridgehead atoms. The molecular weight excluding hydrogens is 354 g/mol. The van der Waals surface area contributed by atoms with Crippen LogP contribution in [0.15, 0.2) is 60.9 Å². The first-order chi connectivity index (χ1) is 13.5. The molecule has 0 aliphatic heterocycles. The number of aromatic nitrogens is 2. The van der Waals surface area contributed by atoms with Crippen LogP contribution in [-0.2, 0) is 11.3 Å². The lowest BCUT2D eigenvalue weighted by Gasteiger charge is -2.12. The number of hydrogen-bond acceptors (Lipinski definition) is 3. The molecule has 0 spiro atoms. The molecule has 0 unspecified atom stereocenters. The molecule has 7 heteroatoms. The van der Waals surface area contributed by atoms with Gasteiger partial charge < -0.3 is 16.0 Å². The molecule has 3 N–H and O–H groups in total. The summed E-state index contributed by atoms with van der Waals surface area (Å²) in [6.07, 6.45) is 4.00. The molecule has 0 radical (unpaired) electrons. The highest BCUT2D eigenvalue weighted by molar-refractivity contribution is 5.94. The number of rotatable bonds is 6. The summed E-state index contributed by atoms with van der Waals surface area (Å²) < 4.78 is 1.77. The summed E-state index contributed by atoms with van der Waals surface area (Å²) in [6.45, 7) is 4.09. The number of anilines is 2. The Balaban J connectivity index is 1.57. The molecular formula is C21H23N5O2. The van der Waals surface area contributed by atoms with E-state index in [2.05, 4.69) is 21.0 Å². The van der Waals surface area contributed by atoms with Crippen LogP contribution in [0.2, 0.25) is 0 Å². The topological polar surface area (TPSA) is 88.0 Å². The molecule has 0 saturated carbocycles. The van der Waals surface area contributed by atoms with E-state index in [1.165, 1.54) is 0 Å². The molecule has 0 fully saturated rings. The van der Waals surface area contributed by atoms with Crippen LogP contribution in [-0.4, -0.2) is 21.7 Å². The predicted molar refractivity (Wildman–Crippen MR) is 110 cm³/mol. The molecule has 3 rings (SSSR count). The molecule has 28 heavy (non-hydrogen) atoms. The van der Waals surface area contributed by atoms with Gasteiger partial charge in [-0.25, -0.2) is 9.48 Å². The lowest BCUT2D eigenvalue weighted by molar-refractivity contribution is -0.115. The third kappa shape index (κ3) is 4.97. The standard InChI is InChI=1S/C21H23N5O2/c1-3-20(27)24-17-8-5-15(2)19(13-17)25-21(28)22-14-16-6-9-18(10-7-16)26-12-4-11-23-26/h4-13H,3,14H2,1-2H3,(H,24,27)(H2,22,25,28). The van der Waals surface area contributed by atoms with Crippen molar-refractivity contribution in [2.75, 3.05) is 10.6 Å². The number of nitrogens with one attached hydrogen (secondary N) is 3. The van der Waals surface area contributed by atoms with Gasteiger partial charge >= 0.3 is 6.03 Å². The Labute approximate surface area is 163 Å². The van der Waals surface area contributed by atoms with E-state index in [0.29, 0.717) is 24.3 Å². The van der Waals surface area contributed by atoms with Crippen molar-refractivity contribution in [3.63, 3.8) is 0 Å². The van der Waals surface area contributed by atoms with Crippen LogP contribution in [0, 0.1) is 6.92 Å². The van der Waals surface area contributed by atoms with Crippen LogP contribution < -0.4 is 16.0 Å². The van der Waals surface area contributed by atoms with Crippen molar-refractivity contribution in [2.24, 2.45) is 0 Å². The van der Waals surface area contributed by atoms with Gasteiger partial charge in [0.15, 0.2) is 0 Å². The number of nitrogens with zero attached hydrogens (tertiary/aromatic N) is 2. The zero-order chi connectivity index (χ0) is 19.9. The van der Waals surface area contributed by atoms with Crippen LogP contribution >= 0.6 is 0 Å². The minimum atomic E-state index is -0.307. The van der Waals surface area contributed by atoms with E-state index in [4.69, 9.17) is 0 Å². The van der Waals surface area contributed by atoms with E-state index in [0.717, 1.165) is 16.8 Å². The normalized spacial score (nSPS) is 10.4. The predicted octanol–water partition coefficient (Wildman–Crippen LogP) is 3.85. The molecule has 3 aromatic rings. The molecule has 0 saturated heterocycles. The number of urea groups is 1. The summed E-state index contributed by atoms with van der Waals surface area (Å²) >= 11 is 0. The minimum absolute atomic E-state index is 0.0715. The summed E-state index contributed by atoms with van der Waals surface area (Å²) in [4.78, 5) is 23.8. The molecule has 0 aliphatic carbocycles. The first kappa shape index (κ1) is 19.2. The third-order valence-corrected chi connectivity index (χ3v) is 4.25. The summed E-state index contributed by atoms with van der Waals surface area (Å²) in [5.41, 5.74) is 4.15. The Morgan fingerprint density at radius 2 is 1.86 bits per heavy atom. The zero-order valence-electron chi connectivity index (χ0n) is 15.9.